The average molecular weight is 199 g/mol. The van der Waals surface area contributed by atoms with E-state index in [2.05, 4.69) is 5.32 Å². The van der Waals surface area contributed by atoms with E-state index in [1.54, 1.807) is 0 Å². The van der Waals surface area contributed by atoms with Gasteiger partial charge in [-0.05, 0) is 6.07 Å². The summed E-state index contributed by atoms with van der Waals surface area (Å²) >= 11 is 0. The molecule has 0 unspecified atom stereocenters. The Hall–Kier alpha value is -1.00. The molecule has 2 nitrogen and oxygen atoms in total. The average Bonchev–Trinajstić information content (AvgIpc) is 2.05. The highest BCUT2D eigenvalue weighted by molar-refractivity contribution is 5.18. The summed E-state index contributed by atoms with van der Waals surface area (Å²) in [4.78, 5) is 0. The van der Waals surface area contributed by atoms with Crippen LogP contribution in [0.1, 0.15) is 5.56 Å². The minimum absolute atomic E-state index is 0.305. The van der Waals surface area contributed by atoms with Crippen molar-refractivity contribution in [3.63, 3.8) is 0 Å². The quantitative estimate of drug-likeness (QED) is 0.795. The summed E-state index contributed by atoms with van der Waals surface area (Å²) in [7, 11) is 0. The van der Waals surface area contributed by atoms with Gasteiger partial charge < -0.3 is 10.1 Å². The van der Waals surface area contributed by atoms with Crippen molar-refractivity contribution < 1.29 is 13.5 Å². The minimum Gasteiger partial charge on any atom is -0.378 e. The molecule has 2 rings (SSSR count). The zero-order chi connectivity index (χ0) is 9.97. The van der Waals surface area contributed by atoms with Gasteiger partial charge in [-0.25, -0.2) is 8.78 Å². The Labute approximate surface area is 80.9 Å². The zero-order valence-corrected chi connectivity index (χ0v) is 7.59. The number of nitrogens with one attached hydrogen (secondary N) is 1. The van der Waals surface area contributed by atoms with Crippen LogP contribution in [0.15, 0.2) is 18.2 Å². The van der Waals surface area contributed by atoms with E-state index in [1.807, 2.05) is 0 Å². The fraction of sp³-hybridized carbons (Fsp3) is 0.400. The van der Waals surface area contributed by atoms with Crippen molar-refractivity contribution in [1.29, 1.82) is 0 Å². The summed E-state index contributed by atoms with van der Waals surface area (Å²) in [6.45, 7) is 1.76. The minimum atomic E-state index is -0.543. The molecule has 0 spiro atoms. The Bertz CT molecular complexity index is 326. The number of hydrogen-bond donors (Lipinski definition) is 1. The Morgan fingerprint density at radius 2 is 2.14 bits per heavy atom. The summed E-state index contributed by atoms with van der Waals surface area (Å²) < 4.78 is 30.6. The predicted octanol–water partition coefficient (Wildman–Crippen LogP) is 1.45. The first-order valence-corrected chi connectivity index (χ1v) is 4.51. The van der Waals surface area contributed by atoms with Crippen LogP contribution in [0.4, 0.5) is 8.78 Å². The molecule has 0 bridgehead atoms. The molecule has 1 aliphatic heterocycles. The SMILES string of the molecule is Fc1ccc(CNC2COC2)c(F)c1. The monoisotopic (exact) mass is 199 g/mol. The third-order valence-electron chi connectivity index (χ3n) is 2.23. The summed E-state index contributed by atoms with van der Waals surface area (Å²) in [6.07, 6.45) is 0. The van der Waals surface area contributed by atoms with Crippen molar-refractivity contribution >= 4 is 0 Å². The summed E-state index contributed by atoms with van der Waals surface area (Å²) in [5.41, 5.74) is 0.485. The van der Waals surface area contributed by atoms with Crippen LogP contribution in [0.2, 0.25) is 0 Å². The van der Waals surface area contributed by atoms with Crippen molar-refractivity contribution in [1.82, 2.24) is 5.32 Å². The predicted molar refractivity (Wildman–Crippen MR) is 47.8 cm³/mol. The van der Waals surface area contributed by atoms with Crippen molar-refractivity contribution in [3.8, 4) is 0 Å². The fourth-order valence-corrected chi connectivity index (χ4v) is 1.27. The van der Waals surface area contributed by atoms with E-state index in [1.165, 1.54) is 12.1 Å². The van der Waals surface area contributed by atoms with Gasteiger partial charge in [-0.15, -0.1) is 0 Å². The molecular weight excluding hydrogens is 188 g/mol. The molecular formula is C10H11F2NO. The van der Waals surface area contributed by atoms with E-state index in [4.69, 9.17) is 4.74 Å². The van der Waals surface area contributed by atoms with Gasteiger partial charge in [-0.1, -0.05) is 6.07 Å². The molecule has 0 saturated carbocycles. The molecule has 1 aromatic rings. The van der Waals surface area contributed by atoms with Gasteiger partial charge in [0.25, 0.3) is 0 Å². The standard InChI is InChI=1S/C10H11F2NO/c11-8-2-1-7(10(12)3-8)4-13-9-5-14-6-9/h1-3,9,13H,4-6H2. The molecule has 0 aromatic heterocycles. The van der Waals surface area contributed by atoms with E-state index in [-0.39, 0.29) is 0 Å². The maximum absolute atomic E-state index is 13.1. The number of halogens is 2. The molecule has 14 heavy (non-hydrogen) atoms. The second-order valence-electron chi connectivity index (χ2n) is 3.35. The molecule has 0 aliphatic carbocycles. The van der Waals surface area contributed by atoms with Gasteiger partial charge in [0.05, 0.1) is 19.3 Å². The van der Waals surface area contributed by atoms with Crippen LogP contribution in [0.5, 0.6) is 0 Å². The molecule has 1 fully saturated rings. The van der Waals surface area contributed by atoms with Gasteiger partial charge in [0.2, 0.25) is 0 Å². The smallest absolute Gasteiger partial charge is 0.130 e. The van der Waals surface area contributed by atoms with Gasteiger partial charge in [0.1, 0.15) is 11.6 Å². The number of benzene rings is 1. The van der Waals surface area contributed by atoms with E-state index in [9.17, 15) is 8.78 Å². The summed E-state index contributed by atoms with van der Waals surface area (Å²) in [5, 5.41) is 3.11. The lowest BCUT2D eigenvalue weighted by molar-refractivity contribution is -0.00589. The second kappa shape index (κ2) is 4.02. The van der Waals surface area contributed by atoms with Crippen molar-refractivity contribution in [2.45, 2.75) is 12.6 Å². The van der Waals surface area contributed by atoms with Crippen LogP contribution in [0.3, 0.4) is 0 Å². The zero-order valence-electron chi connectivity index (χ0n) is 7.59. The van der Waals surface area contributed by atoms with E-state index >= 15 is 0 Å². The molecule has 4 heteroatoms. The van der Waals surface area contributed by atoms with Crippen LogP contribution in [0, 0.1) is 11.6 Å². The van der Waals surface area contributed by atoms with Gasteiger partial charge in [0, 0.05) is 18.2 Å². The lowest BCUT2D eigenvalue weighted by Crippen LogP contribution is -2.45. The Balaban J connectivity index is 1.94. The van der Waals surface area contributed by atoms with Crippen molar-refractivity contribution in [3.05, 3.63) is 35.4 Å². The first-order chi connectivity index (χ1) is 6.75. The maximum atomic E-state index is 13.1. The van der Waals surface area contributed by atoms with Crippen molar-refractivity contribution in [2.75, 3.05) is 13.2 Å². The number of ether oxygens (including phenoxy) is 1. The highest BCUT2D eigenvalue weighted by Crippen LogP contribution is 2.10. The lowest BCUT2D eigenvalue weighted by atomic mass is 10.2. The molecule has 1 N–H and O–H groups in total. The second-order valence-corrected chi connectivity index (χ2v) is 3.35. The topological polar surface area (TPSA) is 21.3 Å². The summed E-state index contributed by atoms with van der Waals surface area (Å²) in [5.74, 6) is -1.05. The Kier molecular flexibility index (Phi) is 2.74. The maximum Gasteiger partial charge on any atom is 0.130 e. The lowest BCUT2D eigenvalue weighted by Gasteiger charge is -2.27. The molecule has 1 saturated heterocycles. The van der Waals surface area contributed by atoms with Gasteiger partial charge >= 0.3 is 0 Å². The van der Waals surface area contributed by atoms with Crippen LogP contribution in [-0.4, -0.2) is 19.3 Å². The highest BCUT2D eigenvalue weighted by Gasteiger charge is 2.17. The Morgan fingerprint density at radius 3 is 2.71 bits per heavy atom. The normalized spacial score (nSPS) is 16.7. The highest BCUT2D eigenvalue weighted by atomic mass is 19.1. The summed E-state index contributed by atoms with van der Waals surface area (Å²) in [6, 6.07) is 3.92. The molecule has 1 heterocycles. The Morgan fingerprint density at radius 1 is 1.36 bits per heavy atom. The fourth-order valence-electron chi connectivity index (χ4n) is 1.27. The van der Waals surface area contributed by atoms with Gasteiger partial charge in [-0.2, -0.15) is 0 Å². The van der Waals surface area contributed by atoms with Gasteiger partial charge in [0.15, 0.2) is 0 Å². The third-order valence-corrected chi connectivity index (χ3v) is 2.23. The first-order valence-electron chi connectivity index (χ1n) is 4.51. The van der Waals surface area contributed by atoms with Gasteiger partial charge in [-0.3, -0.25) is 0 Å². The first kappa shape index (κ1) is 9.55. The van der Waals surface area contributed by atoms with Crippen LogP contribution in [-0.2, 0) is 11.3 Å². The van der Waals surface area contributed by atoms with Crippen LogP contribution < -0.4 is 5.32 Å². The van der Waals surface area contributed by atoms with Crippen LogP contribution in [0.25, 0.3) is 0 Å². The van der Waals surface area contributed by atoms with E-state index < -0.39 is 11.6 Å². The molecule has 76 valence electrons. The molecule has 1 aromatic carbocycles. The van der Waals surface area contributed by atoms with Crippen LogP contribution >= 0.6 is 0 Å². The molecule has 1 aliphatic rings. The molecule has 0 radical (unpaired) electrons. The number of hydrogen-bond acceptors (Lipinski definition) is 2. The third kappa shape index (κ3) is 2.08. The molecule has 0 atom stereocenters. The largest absolute Gasteiger partial charge is 0.378 e. The van der Waals surface area contributed by atoms with E-state index in [0.717, 1.165) is 6.07 Å². The van der Waals surface area contributed by atoms with Crippen molar-refractivity contribution in [2.24, 2.45) is 0 Å². The van der Waals surface area contributed by atoms with E-state index in [0.29, 0.717) is 31.4 Å². The molecule has 0 amide bonds. The number of rotatable bonds is 3.